The minimum atomic E-state index is -2.20. The molecule has 0 rings (SSSR count). The SMILES string of the molecule is CC(C)(C)CCCCC[Si](=O)O. The van der Waals surface area contributed by atoms with E-state index in [1.54, 1.807) is 0 Å². The molecule has 0 unspecified atom stereocenters. The predicted molar refractivity (Wildman–Crippen MR) is 51.4 cm³/mol. The van der Waals surface area contributed by atoms with Crippen LogP contribution >= 0.6 is 0 Å². The van der Waals surface area contributed by atoms with E-state index in [1.165, 1.54) is 12.8 Å². The summed E-state index contributed by atoms with van der Waals surface area (Å²) in [6, 6.07) is 0.509. The lowest BCUT2D eigenvalue weighted by Gasteiger charge is -2.17. The number of unbranched alkanes of at least 4 members (excludes halogenated alkanes) is 2. The van der Waals surface area contributed by atoms with Crippen LogP contribution in [0.1, 0.15) is 46.5 Å². The average molecular weight is 188 g/mol. The monoisotopic (exact) mass is 188 g/mol. The Morgan fingerprint density at radius 3 is 2.17 bits per heavy atom. The van der Waals surface area contributed by atoms with Gasteiger partial charge in [0.1, 0.15) is 0 Å². The van der Waals surface area contributed by atoms with Crippen LogP contribution in [0.4, 0.5) is 0 Å². The zero-order chi connectivity index (χ0) is 9.61. The van der Waals surface area contributed by atoms with Gasteiger partial charge in [-0.1, -0.05) is 33.6 Å². The molecule has 0 fully saturated rings. The van der Waals surface area contributed by atoms with Gasteiger partial charge in [-0.2, -0.15) is 0 Å². The molecule has 0 radical (unpaired) electrons. The van der Waals surface area contributed by atoms with E-state index in [9.17, 15) is 4.46 Å². The summed E-state index contributed by atoms with van der Waals surface area (Å²) in [6.07, 6.45) is 4.39. The number of hydrogen-bond donors (Lipinski definition) is 1. The lowest BCUT2D eigenvalue weighted by Crippen LogP contribution is -2.04. The number of hydrogen-bond acceptors (Lipinski definition) is 1. The van der Waals surface area contributed by atoms with E-state index in [-0.39, 0.29) is 0 Å². The van der Waals surface area contributed by atoms with E-state index in [4.69, 9.17) is 4.80 Å². The van der Waals surface area contributed by atoms with E-state index in [0.29, 0.717) is 11.5 Å². The molecule has 0 aliphatic heterocycles. The van der Waals surface area contributed by atoms with E-state index < -0.39 is 8.93 Å². The molecule has 0 amide bonds. The van der Waals surface area contributed by atoms with Gasteiger partial charge in [0.05, 0.1) is 0 Å². The summed E-state index contributed by atoms with van der Waals surface area (Å²) in [5.74, 6) is 0. The molecule has 0 atom stereocenters. The van der Waals surface area contributed by atoms with Crippen LogP contribution in [0.2, 0.25) is 6.04 Å². The third-order valence-corrected chi connectivity index (χ3v) is 2.60. The summed E-state index contributed by atoms with van der Waals surface area (Å²) in [6.45, 7) is 6.67. The molecular weight excluding hydrogens is 168 g/mol. The second-order valence-corrected chi connectivity index (χ2v) is 5.80. The van der Waals surface area contributed by atoms with Gasteiger partial charge in [0.2, 0.25) is 0 Å². The number of rotatable bonds is 5. The second-order valence-electron chi connectivity index (χ2n) is 4.52. The molecule has 0 saturated carbocycles. The first-order valence-corrected chi connectivity index (χ1v) is 6.20. The first-order chi connectivity index (χ1) is 5.42. The van der Waals surface area contributed by atoms with E-state index in [2.05, 4.69) is 20.8 Å². The minimum Gasteiger partial charge on any atom is -0.540 e. The lowest BCUT2D eigenvalue weighted by atomic mass is 9.90. The molecule has 0 aromatic carbocycles. The molecule has 72 valence electrons. The van der Waals surface area contributed by atoms with Crippen molar-refractivity contribution in [1.82, 2.24) is 0 Å². The van der Waals surface area contributed by atoms with Crippen molar-refractivity contribution in [3.8, 4) is 0 Å². The van der Waals surface area contributed by atoms with Gasteiger partial charge < -0.3 is 9.26 Å². The smallest absolute Gasteiger partial charge is 0.499 e. The average Bonchev–Trinajstić information content (AvgIpc) is 1.83. The largest absolute Gasteiger partial charge is 0.540 e. The minimum absolute atomic E-state index is 0.407. The molecule has 12 heavy (non-hydrogen) atoms. The Kier molecular flexibility index (Phi) is 5.38. The molecule has 0 saturated heterocycles. The second kappa shape index (κ2) is 5.46. The van der Waals surface area contributed by atoms with Crippen molar-refractivity contribution in [3.05, 3.63) is 0 Å². The van der Waals surface area contributed by atoms with Crippen molar-refractivity contribution in [2.24, 2.45) is 5.41 Å². The van der Waals surface area contributed by atoms with Crippen LogP contribution in [0.3, 0.4) is 0 Å². The van der Waals surface area contributed by atoms with Crippen molar-refractivity contribution < 1.29 is 9.26 Å². The van der Waals surface area contributed by atoms with Crippen LogP contribution in [0.5, 0.6) is 0 Å². The molecular formula is C9H20O2Si. The van der Waals surface area contributed by atoms with Crippen molar-refractivity contribution in [1.29, 1.82) is 0 Å². The van der Waals surface area contributed by atoms with Crippen LogP contribution in [-0.4, -0.2) is 13.7 Å². The summed E-state index contributed by atoms with van der Waals surface area (Å²) in [7, 11) is -2.20. The summed E-state index contributed by atoms with van der Waals surface area (Å²) in [4.78, 5) is 8.56. The summed E-state index contributed by atoms with van der Waals surface area (Å²) < 4.78 is 10.3. The molecule has 0 aliphatic rings. The van der Waals surface area contributed by atoms with Crippen LogP contribution < -0.4 is 0 Å². The highest BCUT2D eigenvalue weighted by Gasteiger charge is 2.09. The van der Waals surface area contributed by atoms with Gasteiger partial charge in [-0.25, -0.2) is 0 Å². The van der Waals surface area contributed by atoms with E-state index in [0.717, 1.165) is 12.8 Å². The maximum atomic E-state index is 10.3. The van der Waals surface area contributed by atoms with E-state index in [1.807, 2.05) is 0 Å². The summed E-state index contributed by atoms with van der Waals surface area (Å²) in [5.41, 5.74) is 0.407. The van der Waals surface area contributed by atoms with Gasteiger partial charge >= 0.3 is 8.93 Å². The molecule has 0 aromatic heterocycles. The highest BCUT2D eigenvalue weighted by molar-refractivity contribution is 6.32. The third-order valence-electron chi connectivity index (χ3n) is 1.82. The summed E-state index contributed by atoms with van der Waals surface area (Å²) >= 11 is 0. The van der Waals surface area contributed by atoms with Gasteiger partial charge in [0.25, 0.3) is 0 Å². The molecule has 2 nitrogen and oxygen atoms in total. The summed E-state index contributed by atoms with van der Waals surface area (Å²) in [5, 5.41) is 0. The van der Waals surface area contributed by atoms with Gasteiger partial charge in [-0.3, -0.25) is 0 Å². The Hall–Kier alpha value is -0.183. The zero-order valence-electron chi connectivity index (χ0n) is 8.39. The predicted octanol–water partition coefficient (Wildman–Crippen LogP) is 2.50. The van der Waals surface area contributed by atoms with Crippen molar-refractivity contribution >= 4 is 8.93 Å². The first kappa shape index (κ1) is 11.8. The van der Waals surface area contributed by atoms with Crippen molar-refractivity contribution in [2.45, 2.75) is 52.5 Å². The fourth-order valence-corrected chi connectivity index (χ4v) is 1.66. The fraction of sp³-hybridized carbons (Fsp3) is 1.00. The third kappa shape index (κ3) is 9.82. The van der Waals surface area contributed by atoms with Crippen LogP contribution in [0, 0.1) is 5.41 Å². The van der Waals surface area contributed by atoms with Gasteiger partial charge in [-0.15, -0.1) is 0 Å². The normalized spacial score (nSPS) is 11.6. The molecule has 0 spiro atoms. The lowest BCUT2D eigenvalue weighted by molar-refractivity contribution is 0.358. The quantitative estimate of drug-likeness (QED) is 0.531. The maximum Gasteiger partial charge on any atom is 0.499 e. The highest BCUT2D eigenvalue weighted by Crippen LogP contribution is 2.22. The molecule has 1 N–H and O–H groups in total. The Morgan fingerprint density at radius 2 is 1.75 bits per heavy atom. The Morgan fingerprint density at radius 1 is 1.17 bits per heavy atom. The van der Waals surface area contributed by atoms with Crippen molar-refractivity contribution in [3.63, 3.8) is 0 Å². The molecule has 0 heterocycles. The molecule has 0 bridgehead atoms. The van der Waals surface area contributed by atoms with Gasteiger partial charge in [0, 0.05) is 6.04 Å². The maximum absolute atomic E-state index is 10.3. The standard InChI is InChI=1S/C9H20O2Si/c1-9(2,3)7-5-4-6-8-12(10)11/h10H,4-8H2,1-3H3. The topological polar surface area (TPSA) is 37.3 Å². The van der Waals surface area contributed by atoms with Crippen LogP contribution in [-0.2, 0) is 4.46 Å². The van der Waals surface area contributed by atoms with E-state index >= 15 is 0 Å². The first-order valence-electron chi connectivity index (χ1n) is 4.63. The van der Waals surface area contributed by atoms with Gasteiger partial charge in [0.15, 0.2) is 0 Å². The van der Waals surface area contributed by atoms with Crippen molar-refractivity contribution in [2.75, 3.05) is 0 Å². The van der Waals surface area contributed by atoms with Crippen LogP contribution in [0.25, 0.3) is 0 Å². The molecule has 0 aliphatic carbocycles. The Labute approximate surface area is 76.8 Å². The fourth-order valence-electron chi connectivity index (χ4n) is 1.11. The van der Waals surface area contributed by atoms with Crippen LogP contribution in [0.15, 0.2) is 0 Å². The Balaban J connectivity index is 3.17. The Bertz CT molecular complexity index is 138. The molecule has 3 heteroatoms. The van der Waals surface area contributed by atoms with Gasteiger partial charge in [-0.05, 0) is 18.3 Å². The zero-order valence-corrected chi connectivity index (χ0v) is 9.39. The highest BCUT2D eigenvalue weighted by atomic mass is 28.3. The molecule has 0 aromatic rings.